The van der Waals surface area contributed by atoms with E-state index in [0.29, 0.717) is 5.56 Å². The van der Waals surface area contributed by atoms with Gasteiger partial charge in [0.05, 0.1) is 5.56 Å². The van der Waals surface area contributed by atoms with Crippen LogP contribution in [0.3, 0.4) is 0 Å². The van der Waals surface area contributed by atoms with Crippen LogP contribution < -0.4 is 5.32 Å². The molecule has 0 saturated carbocycles. The number of aromatic nitrogens is 1. The van der Waals surface area contributed by atoms with Crippen molar-refractivity contribution >= 4 is 16.9 Å². The van der Waals surface area contributed by atoms with Crippen molar-refractivity contribution in [3.8, 4) is 0 Å². The second kappa shape index (κ2) is 7.32. The van der Waals surface area contributed by atoms with Crippen molar-refractivity contribution in [1.29, 1.82) is 0 Å². The third kappa shape index (κ3) is 3.49. The molecule has 24 heavy (non-hydrogen) atoms. The van der Waals surface area contributed by atoms with Crippen LogP contribution in [0.1, 0.15) is 34.0 Å². The molecule has 3 N–H and O–H groups in total. The molecular weight excluding hydrogens is 300 g/mol. The number of aromatic carboxylic acids is 1. The van der Waals surface area contributed by atoms with Gasteiger partial charge < -0.3 is 15.4 Å². The summed E-state index contributed by atoms with van der Waals surface area (Å²) in [6.07, 6.45) is 4.09. The summed E-state index contributed by atoms with van der Waals surface area (Å²) < 4.78 is 0. The average Bonchev–Trinajstić information content (AvgIpc) is 3.02. The Morgan fingerprint density at radius 3 is 2.62 bits per heavy atom. The molecule has 4 nitrogen and oxygen atoms in total. The molecule has 0 atom stereocenters. The number of aromatic amines is 1. The van der Waals surface area contributed by atoms with E-state index in [1.54, 1.807) is 12.1 Å². The predicted octanol–water partition coefficient (Wildman–Crippen LogP) is 3.76. The van der Waals surface area contributed by atoms with Gasteiger partial charge in [0, 0.05) is 23.6 Å². The van der Waals surface area contributed by atoms with Gasteiger partial charge in [-0.1, -0.05) is 37.3 Å². The van der Waals surface area contributed by atoms with Gasteiger partial charge in [-0.05, 0) is 48.2 Å². The van der Waals surface area contributed by atoms with Gasteiger partial charge in [-0.2, -0.15) is 0 Å². The lowest BCUT2D eigenvalue weighted by atomic mass is 10.1. The maximum absolute atomic E-state index is 10.8. The summed E-state index contributed by atoms with van der Waals surface area (Å²) in [7, 11) is 0. The second-order valence-electron chi connectivity index (χ2n) is 5.94. The molecule has 0 spiro atoms. The number of fused-ring (bicyclic) bond motifs is 1. The maximum atomic E-state index is 10.8. The molecule has 0 bridgehead atoms. The highest BCUT2D eigenvalue weighted by Crippen LogP contribution is 2.22. The molecule has 0 unspecified atom stereocenters. The Morgan fingerprint density at radius 1 is 1.12 bits per heavy atom. The molecule has 3 aromatic rings. The first-order chi connectivity index (χ1) is 11.7. The molecule has 1 aromatic heterocycles. The first kappa shape index (κ1) is 16.3. The topological polar surface area (TPSA) is 65.1 Å². The first-order valence-electron chi connectivity index (χ1n) is 8.30. The zero-order valence-electron chi connectivity index (χ0n) is 13.8. The van der Waals surface area contributed by atoms with Gasteiger partial charge in [-0.25, -0.2) is 4.79 Å². The number of carboxylic acids is 1. The Kier molecular flexibility index (Phi) is 4.96. The van der Waals surface area contributed by atoms with Crippen molar-refractivity contribution in [2.24, 2.45) is 0 Å². The fourth-order valence-electron chi connectivity index (χ4n) is 3.00. The molecule has 2 aromatic carbocycles. The van der Waals surface area contributed by atoms with Crippen molar-refractivity contribution in [2.75, 3.05) is 6.54 Å². The highest BCUT2D eigenvalue weighted by atomic mass is 16.4. The van der Waals surface area contributed by atoms with E-state index >= 15 is 0 Å². The molecule has 0 aliphatic carbocycles. The van der Waals surface area contributed by atoms with Crippen LogP contribution in [0.25, 0.3) is 10.9 Å². The molecule has 4 heteroatoms. The summed E-state index contributed by atoms with van der Waals surface area (Å²) in [5.74, 6) is -0.889. The number of carboxylic acid groups (broad SMARTS) is 1. The fraction of sp³-hybridized carbons (Fsp3) is 0.250. The molecule has 0 radical (unpaired) electrons. The number of aryl methyl sites for hydroxylation is 1. The molecule has 0 aliphatic heterocycles. The van der Waals surface area contributed by atoms with Gasteiger partial charge in [0.25, 0.3) is 0 Å². The monoisotopic (exact) mass is 322 g/mol. The smallest absolute Gasteiger partial charge is 0.335 e. The zero-order chi connectivity index (χ0) is 16.9. The number of benzene rings is 2. The standard InChI is InChI=1S/C20H22N2O2/c1-2-15-4-3-5-18-17(13-22-19(15)18)10-11-21-12-14-6-8-16(9-7-14)20(23)24/h3-9,13,21-22H,2,10-12H2,1H3,(H,23,24). The highest BCUT2D eigenvalue weighted by Gasteiger charge is 2.06. The SMILES string of the molecule is CCc1cccc2c(CCNCc3ccc(C(=O)O)cc3)c[nH]c12. The van der Waals surface area contributed by atoms with E-state index in [-0.39, 0.29) is 0 Å². The van der Waals surface area contributed by atoms with Gasteiger partial charge in [-0.3, -0.25) is 0 Å². The zero-order valence-corrected chi connectivity index (χ0v) is 13.8. The van der Waals surface area contributed by atoms with Crippen LogP contribution in [0, 0.1) is 0 Å². The van der Waals surface area contributed by atoms with E-state index in [2.05, 4.69) is 41.6 Å². The number of rotatable bonds is 7. The van der Waals surface area contributed by atoms with Crippen LogP contribution in [0.15, 0.2) is 48.7 Å². The first-order valence-corrected chi connectivity index (χ1v) is 8.30. The molecule has 3 rings (SSSR count). The van der Waals surface area contributed by atoms with E-state index in [0.717, 1.165) is 31.5 Å². The number of carbonyl (C=O) groups is 1. The van der Waals surface area contributed by atoms with Crippen LogP contribution in [0.2, 0.25) is 0 Å². The quantitative estimate of drug-likeness (QED) is 0.580. The van der Waals surface area contributed by atoms with Crippen LogP contribution in [-0.2, 0) is 19.4 Å². The minimum absolute atomic E-state index is 0.323. The largest absolute Gasteiger partial charge is 0.478 e. The summed E-state index contributed by atoms with van der Waals surface area (Å²) in [6, 6.07) is 13.5. The average molecular weight is 322 g/mol. The van der Waals surface area contributed by atoms with Crippen molar-refractivity contribution < 1.29 is 9.90 Å². The Bertz CT molecular complexity index is 834. The summed E-state index contributed by atoms with van der Waals surface area (Å²) in [5, 5.41) is 13.6. The van der Waals surface area contributed by atoms with Gasteiger partial charge >= 0.3 is 5.97 Å². The Hall–Kier alpha value is -2.59. The van der Waals surface area contributed by atoms with Crippen molar-refractivity contribution in [3.05, 3.63) is 70.9 Å². The molecule has 0 amide bonds. The molecule has 0 saturated heterocycles. The van der Waals surface area contributed by atoms with E-state index in [4.69, 9.17) is 5.11 Å². The third-order valence-electron chi connectivity index (χ3n) is 4.37. The third-order valence-corrected chi connectivity index (χ3v) is 4.37. The van der Waals surface area contributed by atoms with Gasteiger partial charge in [0.15, 0.2) is 0 Å². The van der Waals surface area contributed by atoms with E-state index in [1.807, 2.05) is 12.1 Å². The number of hydrogen-bond donors (Lipinski definition) is 3. The summed E-state index contributed by atoms with van der Waals surface area (Å²) in [6.45, 7) is 3.79. The highest BCUT2D eigenvalue weighted by molar-refractivity contribution is 5.87. The predicted molar refractivity (Wildman–Crippen MR) is 96.5 cm³/mol. The normalized spacial score (nSPS) is 11.0. The van der Waals surface area contributed by atoms with Crippen LogP contribution in [-0.4, -0.2) is 22.6 Å². The number of para-hydroxylation sites is 1. The second-order valence-corrected chi connectivity index (χ2v) is 5.94. The Labute approximate surface area is 141 Å². The van der Waals surface area contributed by atoms with Crippen molar-refractivity contribution in [2.45, 2.75) is 26.3 Å². The van der Waals surface area contributed by atoms with E-state index < -0.39 is 5.97 Å². The Balaban J connectivity index is 1.56. The Morgan fingerprint density at radius 2 is 1.92 bits per heavy atom. The lowest BCUT2D eigenvalue weighted by Gasteiger charge is -2.05. The fourth-order valence-corrected chi connectivity index (χ4v) is 3.00. The molecule has 0 aliphatic rings. The van der Waals surface area contributed by atoms with Gasteiger partial charge in [0.2, 0.25) is 0 Å². The van der Waals surface area contributed by atoms with E-state index in [9.17, 15) is 4.79 Å². The lowest BCUT2D eigenvalue weighted by Crippen LogP contribution is -2.16. The molecular formula is C20H22N2O2. The lowest BCUT2D eigenvalue weighted by molar-refractivity contribution is 0.0697. The minimum Gasteiger partial charge on any atom is -0.478 e. The van der Waals surface area contributed by atoms with Crippen molar-refractivity contribution in [3.63, 3.8) is 0 Å². The summed E-state index contributed by atoms with van der Waals surface area (Å²) in [5.41, 5.74) is 5.34. The van der Waals surface area contributed by atoms with Crippen LogP contribution >= 0.6 is 0 Å². The maximum Gasteiger partial charge on any atom is 0.335 e. The molecule has 0 fully saturated rings. The summed E-state index contributed by atoms with van der Waals surface area (Å²) >= 11 is 0. The molecule has 124 valence electrons. The summed E-state index contributed by atoms with van der Waals surface area (Å²) in [4.78, 5) is 14.2. The van der Waals surface area contributed by atoms with Gasteiger partial charge in [-0.15, -0.1) is 0 Å². The van der Waals surface area contributed by atoms with Crippen LogP contribution in [0.4, 0.5) is 0 Å². The van der Waals surface area contributed by atoms with Crippen LogP contribution in [0.5, 0.6) is 0 Å². The number of nitrogens with one attached hydrogen (secondary N) is 2. The van der Waals surface area contributed by atoms with E-state index in [1.165, 1.54) is 22.0 Å². The number of hydrogen-bond acceptors (Lipinski definition) is 2. The minimum atomic E-state index is -0.889. The van der Waals surface area contributed by atoms with Crippen molar-refractivity contribution in [1.82, 2.24) is 10.3 Å². The molecule has 1 heterocycles. The number of H-pyrrole nitrogens is 1. The van der Waals surface area contributed by atoms with Gasteiger partial charge in [0.1, 0.15) is 0 Å².